The molecule has 0 atom stereocenters. The van der Waals surface area contributed by atoms with Gasteiger partial charge in [-0.25, -0.2) is 0 Å². The second-order valence-corrected chi connectivity index (χ2v) is 4.13. The molecule has 1 heterocycles. The summed E-state index contributed by atoms with van der Waals surface area (Å²) in [4.78, 5) is 0. The Labute approximate surface area is 101 Å². The molecule has 0 aliphatic carbocycles. The predicted octanol–water partition coefficient (Wildman–Crippen LogP) is 2.93. The Hall–Kier alpha value is -1.74. The van der Waals surface area contributed by atoms with Gasteiger partial charge in [-0.2, -0.15) is 0 Å². The molecule has 1 aromatic carbocycles. The summed E-state index contributed by atoms with van der Waals surface area (Å²) in [6, 6.07) is 8.07. The van der Waals surface area contributed by atoms with E-state index in [2.05, 4.69) is 19.1 Å². The Bertz CT molecular complexity index is 503. The molecule has 0 amide bonds. The summed E-state index contributed by atoms with van der Waals surface area (Å²) in [5.74, 6) is 1.70. The van der Waals surface area contributed by atoms with Crippen molar-refractivity contribution in [1.82, 2.24) is 0 Å². The van der Waals surface area contributed by atoms with Crippen molar-refractivity contribution in [1.29, 1.82) is 0 Å². The molecule has 17 heavy (non-hydrogen) atoms. The zero-order chi connectivity index (χ0) is 12.3. The summed E-state index contributed by atoms with van der Waals surface area (Å²) in [5, 5.41) is 0. The number of aryl methyl sites for hydroxylation is 2. The van der Waals surface area contributed by atoms with E-state index in [1.807, 2.05) is 19.1 Å². The molecule has 90 valence electrons. The Morgan fingerprint density at radius 2 is 2.06 bits per heavy atom. The number of benzene rings is 1. The Morgan fingerprint density at radius 1 is 1.24 bits per heavy atom. The van der Waals surface area contributed by atoms with Crippen molar-refractivity contribution < 1.29 is 9.15 Å². The zero-order valence-corrected chi connectivity index (χ0v) is 10.2. The first-order valence-electron chi connectivity index (χ1n) is 5.66. The van der Waals surface area contributed by atoms with Crippen LogP contribution in [0.3, 0.4) is 0 Å². The summed E-state index contributed by atoms with van der Waals surface area (Å²) in [7, 11) is 0. The van der Waals surface area contributed by atoms with Gasteiger partial charge in [-0.3, -0.25) is 0 Å². The van der Waals surface area contributed by atoms with Crippen LogP contribution in [0.1, 0.15) is 22.5 Å². The highest BCUT2D eigenvalue weighted by atomic mass is 16.5. The van der Waals surface area contributed by atoms with Gasteiger partial charge in [-0.1, -0.05) is 12.1 Å². The molecule has 0 unspecified atom stereocenters. The van der Waals surface area contributed by atoms with Gasteiger partial charge >= 0.3 is 0 Å². The van der Waals surface area contributed by atoms with Gasteiger partial charge in [0.15, 0.2) is 0 Å². The molecular weight excluding hydrogens is 214 g/mol. The van der Waals surface area contributed by atoms with E-state index in [1.165, 1.54) is 5.56 Å². The van der Waals surface area contributed by atoms with E-state index in [1.54, 1.807) is 6.26 Å². The van der Waals surface area contributed by atoms with Crippen molar-refractivity contribution in [3.8, 4) is 5.75 Å². The second-order valence-electron chi connectivity index (χ2n) is 4.13. The van der Waals surface area contributed by atoms with Crippen LogP contribution in [0.25, 0.3) is 0 Å². The molecule has 0 bridgehead atoms. The minimum absolute atomic E-state index is 0.401. The molecule has 0 aliphatic heterocycles. The van der Waals surface area contributed by atoms with Crippen molar-refractivity contribution in [3.63, 3.8) is 0 Å². The highest BCUT2D eigenvalue weighted by Gasteiger charge is 2.06. The molecule has 2 aromatic rings. The van der Waals surface area contributed by atoms with Gasteiger partial charge in [0, 0.05) is 5.56 Å². The molecule has 2 N–H and O–H groups in total. The van der Waals surface area contributed by atoms with Crippen LogP contribution in [0.15, 0.2) is 34.9 Å². The minimum atomic E-state index is 0.401. The van der Waals surface area contributed by atoms with Gasteiger partial charge in [0.1, 0.15) is 18.1 Å². The summed E-state index contributed by atoms with van der Waals surface area (Å²) >= 11 is 0. The number of hydrogen-bond donors (Lipinski definition) is 1. The number of rotatable bonds is 4. The maximum Gasteiger partial charge on any atom is 0.123 e. The van der Waals surface area contributed by atoms with Crippen LogP contribution in [-0.2, 0) is 13.2 Å². The van der Waals surface area contributed by atoms with Crippen LogP contribution >= 0.6 is 0 Å². The quantitative estimate of drug-likeness (QED) is 0.880. The molecular formula is C14H17NO2. The van der Waals surface area contributed by atoms with Crippen LogP contribution < -0.4 is 10.5 Å². The maximum absolute atomic E-state index is 5.79. The van der Waals surface area contributed by atoms with Gasteiger partial charge < -0.3 is 14.9 Å². The summed E-state index contributed by atoms with van der Waals surface area (Å²) in [6.07, 6.45) is 1.64. The van der Waals surface area contributed by atoms with E-state index >= 15 is 0 Å². The predicted molar refractivity (Wildman–Crippen MR) is 66.8 cm³/mol. The van der Waals surface area contributed by atoms with Gasteiger partial charge in [0.25, 0.3) is 0 Å². The fourth-order valence-electron chi connectivity index (χ4n) is 1.69. The molecule has 0 radical (unpaired) electrons. The van der Waals surface area contributed by atoms with Crippen LogP contribution in [0.2, 0.25) is 0 Å². The summed E-state index contributed by atoms with van der Waals surface area (Å²) in [5.41, 5.74) is 8.90. The van der Waals surface area contributed by atoms with E-state index in [0.29, 0.717) is 13.2 Å². The Kier molecular flexibility index (Phi) is 3.49. The van der Waals surface area contributed by atoms with Crippen LogP contribution in [-0.4, -0.2) is 0 Å². The standard InChI is InChI=1S/C14H17NO2/c1-10-3-4-11(2)13(7-10)17-9-12-5-6-16-14(12)8-15/h3-7H,8-9,15H2,1-2H3. The summed E-state index contributed by atoms with van der Waals surface area (Å²) < 4.78 is 11.0. The molecule has 0 fully saturated rings. The third-order valence-electron chi connectivity index (χ3n) is 2.75. The van der Waals surface area contributed by atoms with Crippen molar-refractivity contribution in [3.05, 3.63) is 53.0 Å². The smallest absolute Gasteiger partial charge is 0.123 e. The van der Waals surface area contributed by atoms with Crippen molar-refractivity contribution in [2.75, 3.05) is 0 Å². The molecule has 0 saturated carbocycles. The van der Waals surface area contributed by atoms with Crippen LogP contribution in [0.5, 0.6) is 5.75 Å². The lowest BCUT2D eigenvalue weighted by Gasteiger charge is -2.09. The molecule has 0 aliphatic rings. The normalized spacial score (nSPS) is 10.5. The Balaban J connectivity index is 2.09. The fraction of sp³-hybridized carbons (Fsp3) is 0.286. The molecule has 2 rings (SSSR count). The maximum atomic E-state index is 5.79. The second kappa shape index (κ2) is 5.06. The zero-order valence-electron chi connectivity index (χ0n) is 10.2. The fourth-order valence-corrected chi connectivity index (χ4v) is 1.69. The average molecular weight is 231 g/mol. The number of nitrogens with two attached hydrogens (primary N) is 1. The third kappa shape index (κ3) is 2.68. The van der Waals surface area contributed by atoms with E-state index in [0.717, 1.165) is 22.6 Å². The third-order valence-corrected chi connectivity index (χ3v) is 2.75. The monoisotopic (exact) mass is 231 g/mol. The largest absolute Gasteiger partial charge is 0.488 e. The highest BCUT2D eigenvalue weighted by Crippen LogP contribution is 2.21. The van der Waals surface area contributed by atoms with E-state index in [9.17, 15) is 0 Å². The first kappa shape index (κ1) is 11.7. The van der Waals surface area contributed by atoms with Gasteiger partial charge in [0.2, 0.25) is 0 Å². The van der Waals surface area contributed by atoms with E-state index in [4.69, 9.17) is 14.9 Å². The number of ether oxygens (including phenoxy) is 1. The Morgan fingerprint density at radius 3 is 2.82 bits per heavy atom. The van der Waals surface area contributed by atoms with Crippen molar-refractivity contribution in [2.45, 2.75) is 27.0 Å². The lowest BCUT2D eigenvalue weighted by atomic mass is 10.1. The van der Waals surface area contributed by atoms with Crippen LogP contribution in [0.4, 0.5) is 0 Å². The van der Waals surface area contributed by atoms with Crippen LogP contribution in [0, 0.1) is 13.8 Å². The highest BCUT2D eigenvalue weighted by molar-refractivity contribution is 5.36. The van der Waals surface area contributed by atoms with E-state index < -0.39 is 0 Å². The van der Waals surface area contributed by atoms with E-state index in [-0.39, 0.29) is 0 Å². The average Bonchev–Trinajstić information content (AvgIpc) is 2.77. The molecule has 1 aromatic heterocycles. The lowest BCUT2D eigenvalue weighted by molar-refractivity contribution is 0.300. The van der Waals surface area contributed by atoms with Gasteiger partial charge in [0.05, 0.1) is 12.8 Å². The molecule has 3 heteroatoms. The van der Waals surface area contributed by atoms with Gasteiger partial charge in [-0.15, -0.1) is 0 Å². The topological polar surface area (TPSA) is 48.4 Å². The van der Waals surface area contributed by atoms with Crippen molar-refractivity contribution in [2.24, 2.45) is 5.73 Å². The number of furan rings is 1. The molecule has 0 spiro atoms. The SMILES string of the molecule is Cc1ccc(C)c(OCc2ccoc2CN)c1. The van der Waals surface area contributed by atoms with Gasteiger partial charge in [-0.05, 0) is 37.1 Å². The first-order chi connectivity index (χ1) is 8.20. The minimum Gasteiger partial charge on any atom is -0.488 e. The molecule has 3 nitrogen and oxygen atoms in total. The molecule has 0 saturated heterocycles. The first-order valence-corrected chi connectivity index (χ1v) is 5.66. The lowest BCUT2D eigenvalue weighted by Crippen LogP contribution is -2.02. The summed E-state index contributed by atoms with van der Waals surface area (Å²) in [6.45, 7) is 4.98. The number of hydrogen-bond acceptors (Lipinski definition) is 3. The van der Waals surface area contributed by atoms with Crippen molar-refractivity contribution >= 4 is 0 Å².